The predicted molar refractivity (Wildman–Crippen MR) is 276 cm³/mol. The average Bonchev–Trinajstić information content (AvgIpc) is 3.83. The smallest absolute Gasteiger partial charge is 0.160 e. The van der Waals surface area contributed by atoms with E-state index in [1.54, 1.807) is 0 Å². The van der Waals surface area contributed by atoms with E-state index in [4.69, 9.17) is 9.97 Å². The lowest BCUT2D eigenvalue weighted by molar-refractivity contribution is 0.661. The van der Waals surface area contributed by atoms with E-state index >= 15 is 0 Å². The van der Waals surface area contributed by atoms with Crippen molar-refractivity contribution in [1.82, 2.24) is 14.5 Å². The van der Waals surface area contributed by atoms with Crippen molar-refractivity contribution in [2.24, 2.45) is 0 Å². The molecule has 0 unspecified atom stereocenters. The Hall–Kier alpha value is -8.40. The maximum atomic E-state index is 5.32. The number of benzene rings is 10. The van der Waals surface area contributed by atoms with Gasteiger partial charge in [-0.15, -0.1) is 0 Å². The molecule has 2 heterocycles. The van der Waals surface area contributed by atoms with Crippen LogP contribution in [0.4, 0.5) is 0 Å². The van der Waals surface area contributed by atoms with Gasteiger partial charge in [0.25, 0.3) is 0 Å². The molecule has 66 heavy (non-hydrogen) atoms. The van der Waals surface area contributed by atoms with E-state index in [0.29, 0.717) is 5.82 Å². The first-order chi connectivity index (χ1) is 32.5. The van der Waals surface area contributed by atoms with Crippen LogP contribution >= 0.6 is 0 Å². The summed E-state index contributed by atoms with van der Waals surface area (Å²) in [5.41, 5.74) is 18.5. The number of hydrogen-bond donors (Lipinski definition) is 0. The Morgan fingerprint density at radius 1 is 0.348 bits per heavy atom. The lowest BCUT2D eigenvalue weighted by Gasteiger charge is -2.22. The van der Waals surface area contributed by atoms with Gasteiger partial charge >= 0.3 is 0 Å². The minimum Gasteiger partial charge on any atom is -0.309 e. The molecule has 1 aliphatic rings. The van der Waals surface area contributed by atoms with Crippen LogP contribution in [-0.4, -0.2) is 14.5 Å². The van der Waals surface area contributed by atoms with Crippen molar-refractivity contribution in [3.63, 3.8) is 0 Å². The molecule has 3 nitrogen and oxygen atoms in total. The second-order valence-electron chi connectivity index (χ2n) is 18.1. The molecule has 0 N–H and O–H groups in total. The molecule has 0 aliphatic heterocycles. The molecular weight excluding hydrogens is 799 g/mol. The Labute approximate surface area is 384 Å². The first-order valence-corrected chi connectivity index (χ1v) is 22.8. The second kappa shape index (κ2) is 14.8. The summed E-state index contributed by atoms with van der Waals surface area (Å²) in [7, 11) is 0. The number of hydrogen-bond acceptors (Lipinski definition) is 2. The van der Waals surface area contributed by atoms with Crippen molar-refractivity contribution in [2.75, 3.05) is 0 Å². The normalized spacial score (nSPS) is 12.8. The Bertz CT molecular complexity index is 3880. The number of aromatic nitrogens is 3. The van der Waals surface area contributed by atoms with Gasteiger partial charge in [-0.25, -0.2) is 9.97 Å². The van der Waals surface area contributed by atoms with Crippen LogP contribution in [0.5, 0.6) is 0 Å². The molecule has 3 heteroatoms. The molecule has 0 radical (unpaired) electrons. The van der Waals surface area contributed by atoms with Gasteiger partial charge in [-0.1, -0.05) is 190 Å². The molecule has 0 amide bonds. The summed E-state index contributed by atoms with van der Waals surface area (Å²) in [5, 5.41) is 7.39. The third-order valence-electron chi connectivity index (χ3n) is 14.0. The van der Waals surface area contributed by atoms with Gasteiger partial charge in [0.1, 0.15) is 0 Å². The highest BCUT2D eigenvalue weighted by Crippen LogP contribution is 2.54. The quantitative estimate of drug-likeness (QED) is 0.167. The molecule has 12 aromatic rings. The van der Waals surface area contributed by atoms with Gasteiger partial charge in [0.15, 0.2) is 5.82 Å². The number of rotatable bonds is 6. The zero-order chi connectivity index (χ0) is 43.9. The SMILES string of the molecule is CC1(C)c2cc3ccccc3cc2-c2c(-c3ccc(-c4cc(-c5ccc(-c6ccc7c(c6)c6ccccc6n7-c6ccccc6)cc5)nc(-c5ccccc5)n4)c4ccccc34)cccc21. The van der Waals surface area contributed by atoms with E-state index in [2.05, 4.69) is 237 Å². The maximum absolute atomic E-state index is 5.32. The van der Waals surface area contributed by atoms with Gasteiger partial charge in [-0.3, -0.25) is 0 Å². The molecule has 0 saturated carbocycles. The number of para-hydroxylation sites is 2. The van der Waals surface area contributed by atoms with Crippen molar-refractivity contribution in [1.29, 1.82) is 0 Å². The number of nitrogens with zero attached hydrogens (tertiary/aromatic N) is 3. The third-order valence-corrected chi connectivity index (χ3v) is 14.0. The Balaban J connectivity index is 0.923. The number of fused-ring (bicyclic) bond motifs is 8. The maximum Gasteiger partial charge on any atom is 0.160 e. The van der Waals surface area contributed by atoms with Crippen LogP contribution < -0.4 is 0 Å². The van der Waals surface area contributed by atoms with Crippen LogP contribution in [0, 0.1) is 0 Å². The van der Waals surface area contributed by atoms with Gasteiger partial charge < -0.3 is 4.57 Å². The molecule has 0 fully saturated rings. The van der Waals surface area contributed by atoms with Crippen LogP contribution in [0.2, 0.25) is 0 Å². The molecule has 0 bridgehead atoms. The fraction of sp³-hybridized carbons (Fsp3) is 0.0476. The fourth-order valence-corrected chi connectivity index (χ4v) is 10.7. The highest BCUT2D eigenvalue weighted by atomic mass is 15.0. The largest absolute Gasteiger partial charge is 0.309 e. The van der Waals surface area contributed by atoms with Gasteiger partial charge in [0.2, 0.25) is 0 Å². The molecule has 310 valence electrons. The summed E-state index contributed by atoms with van der Waals surface area (Å²) < 4.78 is 2.36. The molecule has 2 aromatic heterocycles. The summed E-state index contributed by atoms with van der Waals surface area (Å²) in [4.78, 5) is 10.6. The van der Waals surface area contributed by atoms with Crippen LogP contribution in [0.25, 0.3) is 116 Å². The Morgan fingerprint density at radius 3 is 1.74 bits per heavy atom. The van der Waals surface area contributed by atoms with Crippen molar-refractivity contribution in [2.45, 2.75) is 19.3 Å². The van der Waals surface area contributed by atoms with E-state index < -0.39 is 0 Å². The molecule has 1 aliphatic carbocycles. The summed E-state index contributed by atoms with van der Waals surface area (Å²) in [5.74, 6) is 0.701. The van der Waals surface area contributed by atoms with Crippen molar-refractivity contribution < 1.29 is 0 Å². The first kappa shape index (κ1) is 38.1. The summed E-state index contributed by atoms with van der Waals surface area (Å²) in [6.07, 6.45) is 0. The third kappa shape index (κ3) is 5.97. The summed E-state index contributed by atoms with van der Waals surface area (Å²) in [6.45, 7) is 4.74. The molecule has 0 saturated heterocycles. The molecule has 13 rings (SSSR count). The average molecular weight is 842 g/mol. The Morgan fingerprint density at radius 2 is 0.955 bits per heavy atom. The minimum absolute atomic E-state index is 0.123. The van der Waals surface area contributed by atoms with E-state index in [1.807, 2.05) is 6.07 Å². The highest BCUT2D eigenvalue weighted by molar-refractivity contribution is 6.11. The summed E-state index contributed by atoms with van der Waals surface area (Å²) in [6, 6.07) is 81.3. The van der Waals surface area contributed by atoms with Crippen molar-refractivity contribution in [3.05, 3.63) is 236 Å². The zero-order valence-corrected chi connectivity index (χ0v) is 36.7. The topological polar surface area (TPSA) is 30.7 Å². The summed E-state index contributed by atoms with van der Waals surface area (Å²) >= 11 is 0. The van der Waals surface area contributed by atoms with E-state index in [0.717, 1.165) is 44.7 Å². The minimum atomic E-state index is -0.123. The van der Waals surface area contributed by atoms with E-state index in [9.17, 15) is 0 Å². The molecular formula is C63H43N3. The van der Waals surface area contributed by atoms with Crippen molar-refractivity contribution in [3.8, 4) is 73.0 Å². The van der Waals surface area contributed by atoms with E-state index in [1.165, 1.54) is 76.9 Å². The molecule has 0 spiro atoms. The van der Waals surface area contributed by atoms with Crippen LogP contribution in [0.3, 0.4) is 0 Å². The lowest BCUT2D eigenvalue weighted by Crippen LogP contribution is -2.14. The second-order valence-corrected chi connectivity index (χ2v) is 18.1. The van der Waals surface area contributed by atoms with Gasteiger partial charge in [0.05, 0.1) is 22.4 Å². The van der Waals surface area contributed by atoms with Crippen LogP contribution in [0.1, 0.15) is 25.0 Å². The van der Waals surface area contributed by atoms with Gasteiger partial charge in [-0.2, -0.15) is 0 Å². The van der Waals surface area contributed by atoms with Gasteiger partial charge in [0, 0.05) is 38.6 Å². The van der Waals surface area contributed by atoms with E-state index in [-0.39, 0.29) is 5.41 Å². The van der Waals surface area contributed by atoms with Crippen molar-refractivity contribution >= 4 is 43.4 Å². The van der Waals surface area contributed by atoms with Gasteiger partial charge in [-0.05, 0) is 115 Å². The monoisotopic (exact) mass is 841 g/mol. The fourth-order valence-electron chi connectivity index (χ4n) is 10.7. The van der Waals surface area contributed by atoms with Crippen LogP contribution in [-0.2, 0) is 5.41 Å². The predicted octanol–water partition coefficient (Wildman–Crippen LogP) is 16.5. The Kier molecular flexibility index (Phi) is 8.56. The standard InChI is InChI=1S/C63H43N3/c1-63(2)55-26-15-25-52(61(55)54-37-43-18-9-10-19-44(43)38-56(54)63)49-33-34-50(48-23-12-11-22-47(48)49)58-39-57(64-62(65-58)42-16-5-3-6-17-42)41-30-28-40(29-31-41)45-32-35-60-53(36-45)51-24-13-14-27-59(51)66(60)46-20-7-4-8-21-46/h3-39H,1-2H3. The first-order valence-electron chi connectivity index (χ1n) is 22.8. The van der Waals surface area contributed by atoms with Crippen LogP contribution in [0.15, 0.2) is 224 Å². The molecule has 0 atom stereocenters. The highest BCUT2D eigenvalue weighted by Gasteiger charge is 2.37. The molecule has 10 aromatic carbocycles. The lowest BCUT2D eigenvalue weighted by atomic mass is 9.81. The zero-order valence-electron chi connectivity index (χ0n) is 36.7.